The molecule has 0 aliphatic heterocycles. The second kappa shape index (κ2) is 6.06. The molecule has 0 atom stereocenters. The lowest BCUT2D eigenvalue weighted by Gasteiger charge is -2.34. The van der Waals surface area contributed by atoms with Crippen LogP contribution in [0.3, 0.4) is 0 Å². The molecule has 1 aliphatic rings. The second-order valence-electron chi connectivity index (χ2n) is 6.26. The minimum atomic E-state index is -0.754. The molecular weight excluding hydrogens is 258 g/mol. The molecule has 2 N–H and O–H groups in total. The Morgan fingerprint density at radius 1 is 1.37 bits per heavy atom. The molecule has 1 fully saturated rings. The molecule has 1 aromatic rings. The summed E-state index contributed by atoms with van der Waals surface area (Å²) in [6.45, 7) is 5.57. The van der Waals surface area contributed by atoms with E-state index in [9.17, 15) is 4.79 Å². The number of carboxylic acids is 1. The van der Waals surface area contributed by atoms with Crippen LogP contribution in [0.1, 0.15) is 49.3 Å². The molecule has 2 rings (SSSR count). The summed E-state index contributed by atoms with van der Waals surface area (Å²) < 4.78 is 0. The van der Waals surface area contributed by atoms with Gasteiger partial charge >= 0.3 is 5.97 Å². The zero-order valence-corrected chi connectivity index (χ0v) is 12.6. The summed E-state index contributed by atoms with van der Waals surface area (Å²) in [7, 11) is 0. The van der Waals surface area contributed by atoms with Crippen LogP contribution < -0.4 is 5.32 Å². The predicted molar refractivity (Wildman–Crippen MR) is 78.5 cm³/mol. The minimum Gasteiger partial charge on any atom is -0.481 e. The number of rotatable bonds is 5. The third kappa shape index (κ3) is 4.62. The normalized spacial score (nSPS) is 19.5. The monoisotopic (exact) mass is 281 g/mol. The smallest absolute Gasteiger partial charge is 0.308 e. The standard InChI is InChI=1S/C15H23NO2S/c1-15(2)7-5-11(6-8-15)16-10-13-4-3-12(19-13)9-14(17)18/h3-4,11,16H,5-10H2,1-2H3,(H,17,18). The number of thiophene rings is 1. The second-order valence-corrected chi connectivity index (χ2v) is 7.51. The van der Waals surface area contributed by atoms with Crippen LogP contribution in [0.2, 0.25) is 0 Å². The molecule has 0 bridgehead atoms. The van der Waals surface area contributed by atoms with Crippen LogP contribution in [0.15, 0.2) is 12.1 Å². The molecule has 106 valence electrons. The third-order valence-corrected chi connectivity index (χ3v) is 5.03. The van der Waals surface area contributed by atoms with Gasteiger partial charge in [-0.15, -0.1) is 11.3 Å². The number of aliphatic carboxylic acids is 1. The summed E-state index contributed by atoms with van der Waals surface area (Å²) >= 11 is 1.61. The maximum absolute atomic E-state index is 10.6. The van der Waals surface area contributed by atoms with Gasteiger partial charge in [-0.05, 0) is 43.2 Å². The first kappa shape index (κ1) is 14.5. The molecule has 19 heavy (non-hydrogen) atoms. The Kier molecular flexibility index (Phi) is 4.63. The number of hydrogen-bond donors (Lipinski definition) is 2. The van der Waals surface area contributed by atoms with Gasteiger partial charge in [0.05, 0.1) is 6.42 Å². The first-order chi connectivity index (χ1) is 8.94. The van der Waals surface area contributed by atoms with E-state index < -0.39 is 5.97 Å². The Morgan fingerprint density at radius 2 is 2.00 bits per heavy atom. The molecule has 0 saturated heterocycles. The molecule has 1 saturated carbocycles. The van der Waals surface area contributed by atoms with Crippen molar-refractivity contribution in [3.05, 3.63) is 21.9 Å². The van der Waals surface area contributed by atoms with Crippen molar-refractivity contribution in [3.63, 3.8) is 0 Å². The summed E-state index contributed by atoms with van der Waals surface area (Å²) in [6, 6.07) is 4.60. The van der Waals surface area contributed by atoms with Gasteiger partial charge in [0.1, 0.15) is 0 Å². The molecule has 1 heterocycles. The van der Waals surface area contributed by atoms with Crippen molar-refractivity contribution in [2.24, 2.45) is 5.41 Å². The van der Waals surface area contributed by atoms with Gasteiger partial charge in [-0.3, -0.25) is 4.79 Å². The van der Waals surface area contributed by atoms with Crippen molar-refractivity contribution in [2.75, 3.05) is 0 Å². The van der Waals surface area contributed by atoms with Crippen LogP contribution in [0, 0.1) is 5.41 Å². The van der Waals surface area contributed by atoms with E-state index in [-0.39, 0.29) is 6.42 Å². The van der Waals surface area contributed by atoms with Gasteiger partial charge in [-0.2, -0.15) is 0 Å². The average molecular weight is 281 g/mol. The fraction of sp³-hybridized carbons (Fsp3) is 0.667. The molecule has 3 nitrogen and oxygen atoms in total. The van der Waals surface area contributed by atoms with Crippen LogP contribution in [-0.2, 0) is 17.8 Å². The molecule has 0 spiro atoms. The van der Waals surface area contributed by atoms with Crippen molar-refractivity contribution >= 4 is 17.3 Å². The topological polar surface area (TPSA) is 49.3 Å². The minimum absolute atomic E-state index is 0.141. The van der Waals surface area contributed by atoms with Crippen molar-refractivity contribution in [3.8, 4) is 0 Å². The van der Waals surface area contributed by atoms with Crippen molar-refractivity contribution in [1.29, 1.82) is 0 Å². The van der Waals surface area contributed by atoms with Gasteiger partial charge in [-0.25, -0.2) is 0 Å². The summed E-state index contributed by atoms with van der Waals surface area (Å²) in [5, 5.41) is 12.4. The summed E-state index contributed by atoms with van der Waals surface area (Å²) in [4.78, 5) is 12.8. The van der Waals surface area contributed by atoms with E-state index in [0.717, 1.165) is 11.4 Å². The Labute approximate surface area is 119 Å². The number of carbonyl (C=O) groups is 1. The zero-order chi connectivity index (χ0) is 13.9. The average Bonchev–Trinajstić information content (AvgIpc) is 2.74. The Balaban J connectivity index is 1.76. The maximum Gasteiger partial charge on any atom is 0.308 e. The summed E-state index contributed by atoms with van der Waals surface area (Å²) in [6.07, 6.45) is 5.22. The van der Waals surface area contributed by atoms with E-state index in [4.69, 9.17) is 5.11 Å². The first-order valence-corrected chi connectivity index (χ1v) is 7.79. The highest BCUT2D eigenvalue weighted by atomic mass is 32.1. The van der Waals surface area contributed by atoms with Crippen LogP contribution >= 0.6 is 11.3 Å². The van der Waals surface area contributed by atoms with Gasteiger partial charge in [0.25, 0.3) is 0 Å². The third-order valence-electron chi connectivity index (χ3n) is 3.95. The van der Waals surface area contributed by atoms with Gasteiger partial charge in [-0.1, -0.05) is 13.8 Å². The Hall–Kier alpha value is -0.870. The van der Waals surface area contributed by atoms with E-state index >= 15 is 0 Å². The Bertz CT molecular complexity index is 429. The van der Waals surface area contributed by atoms with E-state index in [2.05, 4.69) is 19.2 Å². The van der Waals surface area contributed by atoms with Crippen LogP contribution in [0.5, 0.6) is 0 Å². The molecule has 4 heteroatoms. The fourth-order valence-corrected chi connectivity index (χ4v) is 3.57. The van der Waals surface area contributed by atoms with Gasteiger partial charge in [0.15, 0.2) is 0 Å². The van der Waals surface area contributed by atoms with Crippen molar-refractivity contribution in [2.45, 2.75) is 58.5 Å². The quantitative estimate of drug-likeness (QED) is 0.869. The Morgan fingerprint density at radius 3 is 2.63 bits per heavy atom. The number of nitrogens with one attached hydrogen (secondary N) is 1. The van der Waals surface area contributed by atoms with E-state index in [1.807, 2.05) is 12.1 Å². The molecule has 0 radical (unpaired) electrons. The van der Waals surface area contributed by atoms with E-state index in [1.54, 1.807) is 11.3 Å². The molecule has 0 amide bonds. The lowest BCUT2D eigenvalue weighted by molar-refractivity contribution is -0.136. The fourth-order valence-electron chi connectivity index (χ4n) is 2.61. The van der Waals surface area contributed by atoms with E-state index in [0.29, 0.717) is 11.5 Å². The zero-order valence-electron chi connectivity index (χ0n) is 11.7. The lowest BCUT2D eigenvalue weighted by Crippen LogP contribution is -2.34. The molecular formula is C15H23NO2S. The first-order valence-electron chi connectivity index (χ1n) is 6.97. The SMILES string of the molecule is CC1(C)CCC(NCc2ccc(CC(=O)O)s2)CC1. The van der Waals surface area contributed by atoms with Crippen LogP contribution in [-0.4, -0.2) is 17.1 Å². The maximum atomic E-state index is 10.6. The van der Waals surface area contributed by atoms with E-state index in [1.165, 1.54) is 30.6 Å². The lowest BCUT2D eigenvalue weighted by atomic mass is 9.75. The van der Waals surface area contributed by atoms with Crippen LogP contribution in [0.4, 0.5) is 0 Å². The van der Waals surface area contributed by atoms with Crippen molar-refractivity contribution in [1.82, 2.24) is 5.32 Å². The molecule has 0 aromatic carbocycles. The number of carboxylic acid groups (broad SMARTS) is 1. The largest absolute Gasteiger partial charge is 0.481 e. The predicted octanol–water partition coefficient (Wildman–Crippen LogP) is 3.43. The molecule has 0 unspecified atom stereocenters. The van der Waals surface area contributed by atoms with Gasteiger partial charge < -0.3 is 10.4 Å². The highest BCUT2D eigenvalue weighted by Gasteiger charge is 2.26. The molecule has 1 aromatic heterocycles. The van der Waals surface area contributed by atoms with Gasteiger partial charge in [0.2, 0.25) is 0 Å². The van der Waals surface area contributed by atoms with Gasteiger partial charge in [0, 0.05) is 22.3 Å². The highest BCUT2D eigenvalue weighted by Crippen LogP contribution is 2.35. The highest BCUT2D eigenvalue weighted by molar-refractivity contribution is 7.12. The molecule has 1 aliphatic carbocycles. The summed E-state index contributed by atoms with van der Waals surface area (Å²) in [5.74, 6) is -0.754. The van der Waals surface area contributed by atoms with Crippen molar-refractivity contribution < 1.29 is 9.90 Å². The summed E-state index contributed by atoms with van der Waals surface area (Å²) in [5.41, 5.74) is 0.510. The van der Waals surface area contributed by atoms with Crippen LogP contribution in [0.25, 0.3) is 0 Å². The number of hydrogen-bond acceptors (Lipinski definition) is 3.